The molecule has 27 heavy (non-hydrogen) atoms. The van der Waals surface area contributed by atoms with Crippen LogP contribution in [0.5, 0.6) is 0 Å². The number of hydrogen-bond acceptors (Lipinski definition) is 6. The van der Waals surface area contributed by atoms with Crippen LogP contribution in [0.1, 0.15) is 38.1 Å². The van der Waals surface area contributed by atoms with Gasteiger partial charge in [-0.3, -0.25) is 4.79 Å². The molecule has 1 aromatic rings. The molecule has 0 bridgehead atoms. The van der Waals surface area contributed by atoms with Gasteiger partial charge in [0, 0.05) is 16.3 Å². The van der Waals surface area contributed by atoms with E-state index in [2.05, 4.69) is 5.32 Å². The van der Waals surface area contributed by atoms with E-state index in [1.807, 2.05) is 0 Å². The van der Waals surface area contributed by atoms with Gasteiger partial charge < -0.3 is 14.8 Å². The average Bonchev–Trinajstić information content (AvgIpc) is 2.52. The van der Waals surface area contributed by atoms with Gasteiger partial charge in [-0.2, -0.15) is 11.8 Å². The number of halogens is 2. The molecule has 1 rings (SSSR count). The van der Waals surface area contributed by atoms with Gasteiger partial charge in [-0.25, -0.2) is 9.59 Å². The molecular formula is C18H23Cl2NO5S. The van der Waals surface area contributed by atoms with Crippen LogP contribution in [0.15, 0.2) is 18.2 Å². The monoisotopic (exact) mass is 435 g/mol. The lowest BCUT2D eigenvalue weighted by Crippen LogP contribution is -2.45. The fourth-order valence-electron chi connectivity index (χ4n) is 1.92. The number of carbonyl (C=O) groups excluding carboxylic acids is 3. The van der Waals surface area contributed by atoms with Crippen LogP contribution < -0.4 is 5.32 Å². The number of amides is 1. The fraction of sp³-hybridized carbons (Fsp3) is 0.500. The lowest BCUT2D eigenvalue weighted by molar-refractivity contribution is -0.145. The van der Waals surface area contributed by atoms with Crippen LogP contribution in [-0.2, 0) is 14.3 Å². The fourth-order valence-corrected chi connectivity index (χ4v) is 3.35. The summed E-state index contributed by atoms with van der Waals surface area (Å²) in [5.41, 5.74) is -0.348. The van der Waals surface area contributed by atoms with E-state index in [1.165, 1.54) is 17.8 Å². The van der Waals surface area contributed by atoms with E-state index in [0.29, 0.717) is 10.6 Å². The molecule has 1 aromatic carbocycles. The lowest BCUT2D eigenvalue weighted by atomic mass is 10.1. The van der Waals surface area contributed by atoms with Crippen molar-refractivity contribution in [3.8, 4) is 0 Å². The molecule has 1 amide bonds. The zero-order valence-corrected chi connectivity index (χ0v) is 18.0. The Balaban J connectivity index is 2.66. The third kappa shape index (κ3) is 8.86. The molecule has 0 aliphatic rings. The highest BCUT2D eigenvalue weighted by atomic mass is 35.5. The Morgan fingerprint density at radius 1 is 1.22 bits per heavy atom. The van der Waals surface area contributed by atoms with E-state index in [-0.39, 0.29) is 28.9 Å². The maximum absolute atomic E-state index is 12.3. The van der Waals surface area contributed by atoms with E-state index >= 15 is 0 Å². The average molecular weight is 436 g/mol. The highest BCUT2D eigenvalue weighted by Gasteiger charge is 2.25. The predicted octanol–water partition coefficient (Wildman–Crippen LogP) is 4.37. The van der Waals surface area contributed by atoms with Crippen molar-refractivity contribution < 1.29 is 23.9 Å². The molecule has 0 aromatic heterocycles. The predicted molar refractivity (Wildman–Crippen MR) is 108 cm³/mol. The lowest BCUT2D eigenvalue weighted by Gasteiger charge is -2.22. The molecule has 1 atom stereocenters. The van der Waals surface area contributed by atoms with Crippen molar-refractivity contribution >= 4 is 52.8 Å². The topological polar surface area (TPSA) is 81.7 Å². The Kier molecular flexibility index (Phi) is 9.42. The SMILES string of the molecule is CCOC(=O)[C@H](CSCC(=O)c1ccc(Cl)cc1Cl)NC(=O)OC(C)(C)C. The van der Waals surface area contributed by atoms with Crippen molar-refractivity contribution in [3.05, 3.63) is 33.8 Å². The number of ketones is 1. The van der Waals surface area contributed by atoms with E-state index in [9.17, 15) is 14.4 Å². The third-order valence-corrected chi connectivity index (χ3v) is 4.59. The molecule has 0 radical (unpaired) electrons. The van der Waals surface area contributed by atoms with Gasteiger partial charge in [-0.05, 0) is 45.9 Å². The first-order valence-corrected chi connectivity index (χ1v) is 10.2. The number of ether oxygens (including phenoxy) is 2. The Morgan fingerprint density at radius 3 is 2.44 bits per heavy atom. The molecule has 0 saturated heterocycles. The van der Waals surface area contributed by atoms with E-state index in [4.69, 9.17) is 32.7 Å². The number of carbonyl (C=O) groups is 3. The summed E-state index contributed by atoms with van der Waals surface area (Å²) in [5.74, 6) is -0.572. The first-order valence-electron chi connectivity index (χ1n) is 8.25. The molecule has 0 unspecified atom stereocenters. The van der Waals surface area contributed by atoms with E-state index < -0.39 is 23.7 Å². The number of alkyl carbamates (subject to hydrolysis) is 1. The Hall–Kier alpha value is -1.44. The van der Waals surface area contributed by atoms with Crippen LogP contribution in [0, 0.1) is 0 Å². The molecule has 0 heterocycles. The first kappa shape index (κ1) is 23.6. The molecule has 6 nitrogen and oxygen atoms in total. The molecule has 0 aliphatic carbocycles. The second-order valence-corrected chi connectivity index (χ2v) is 8.39. The smallest absolute Gasteiger partial charge is 0.408 e. The summed E-state index contributed by atoms with van der Waals surface area (Å²) in [6.45, 7) is 7.00. The minimum atomic E-state index is -0.932. The van der Waals surface area contributed by atoms with Gasteiger partial charge in [0.2, 0.25) is 0 Å². The van der Waals surface area contributed by atoms with Crippen LogP contribution >= 0.6 is 35.0 Å². The number of rotatable bonds is 8. The van der Waals surface area contributed by atoms with Crippen molar-refractivity contribution in [2.45, 2.75) is 39.3 Å². The zero-order valence-electron chi connectivity index (χ0n) is 15.6. The van der Waals surface area contributed by atoms with Gasteiger partial charge in [0.1, 0.15) is 11.6 Å². The Labute approximate surface area is 173 Å². The van der Waals surface area contributed by atoms with Crippen LogP contribution in [0.3, 0.4) is 0 Å². The maximum Gasteiger partial charge on any atom is 0.408 e. The number of thioether (sulfide) groups is 1. The normalized spacial score (nSPS) is 12.2. The van der Waals surface area contributed by atoms with Crippen LogP contribution in [0.4, 0.5) is 4.79 Å². The second-order valence-electron chi connectivity index (χ2n) is 6.51. The minimum Gasteiger partial charge on any atom is -0.464 e. The summed E-state index contributed by atoms with van der Waals surface area (Å²) in [6.07, 6.45) is -0.728. The Morgan fingerprint density at radius 2 is 1.89 bits per heavy atom. The van der Waals surface area contributed by atoms with Crippen molar-refractivity contribution in [3.63, 3.8) is 0 Å². The number of nitrogens with one attached hydrogen (secondary N) is 1. The van der Waals surface area contributed by atoms with Gasteiger partial charge in [0.15, 0.2) is 5.78 Å². The molecule has 1 N–H and O–H groups in total. The second kappa shape index (κ2) is 10.8. The summed E-state index contributed by atoms with van der Waals surface area (Å²) in [4.78, 5) is 36.3. The third-order valence-electron chi connectivity index (χ3n) is 3.01. The van der Waals surface area contributed by atoms with Crippen molar-refractivity contribution in [2.24, 2.45) is 0 Å². The highest BCUT2D eigenvalue weighted by Crippen LogP contribution is 2.22. The number of Topliss-reactive ketones (excluding diaryl/α,β-unsaturated/α-hetero) is 1. The molecule has 150 valence electrons. The van der Waals surface area contributed by atoms with Gasteiger partial charge >= 0.3 is 12.1 Å². The summed E-state index contributed by atoms with van der Waals surface area (Å²) in [6, 6.07) is 3.69. The first-order chi connectivity index (χ1) is 12.5. The van der Waals surface area contributed by atoms with Gasteiger partial charge in [-0.1, -0.05) is 23.2 Å². The highest BCUT2D eigenvalue weighted by molar-refractivity contribution is 8.00. The maximum atomic E-state index is 12.3. The quantitative estimate of drug-likeness (QED) is 0.482. The molecular weight excluding hydrogens is 413 g/mol. The molecule has 0 aliphatic heterocycles. The van der Waals surface area contributed by atoms with Crippen LogP contribution in [0.25, 0.3) is 0 Å². The van der Waals surface area contributed by atoms with Crippen molar-refractivity contribution in [1.29, 1.82) is 0 Å². The van der Waals surface area contributed by atoms with Crippen LogP contribution in [-0.4, -0.2) is 47.6 Å². The van der Waals surface area contributed by atoms with Gasteiger partial charge in [0.25, 0.3) is 0 Å². The Bertz CT molecular complexity index is 691. The van der Waals surface area contributed by atoms with E-state index in [1.54, 1.807) is 39.8 Å². The molecule has 9 heteroatoms. The summed E-state index contributed by atoms with van der Waals surface area (Å²) in [5, 5.41) is 3.18. The molecule has 0 saturated carbocycles. The van der Waals surface area contributed by atoms with Gasteiger partial charge in [-0.15, -0.1) is 0 Å². The minimum absolute atomic E-state index is 0.0766. The zero-order chi connectivity index (χ0) is 20.6. The number of esters is 1. The number of benzene rings is 1. The summed E-state index contributed by atoms with van der Waals surface area (Å²) < 4.78 is 10.1. The summed E-state index contributed by atoms with van der Waals surface area (Å²) >= 11 is 13.0. The van der Waals surface area contributed by atoms with E-state index in [0.717, 1.165) is 0 Å². The molecule has 0 spiro atoms. The van der Waals surface area contributed by atoms with Crippen LogP contribution in [0.2, 0.25) is 10.0 Å². The van der Waals surface area contributed by atoms with Gasteiger partial charge in [0.05, 0.1) is 17.4 Å². The summed E-state index contributed by atoms with van der Waals surface area (Å²) in [7, 11) is 0. The standard InChI is InChI=1S/C18H23Cl2NO5S/c1-5-25-16(23)14(21-17(24)26-18(2,3)4)9-27-10-15(22)12-7-6-11(19)8-13(12)20/h6-8,14H,5,9-10H2,1-4H3,(H,21,24)/t14-/m0/s1. The number of hydrogen-bond donors (Lipinski definition) is 1. The largest absolute Gasteiger partial charge is 0.464 e. The van der Waals surface area contributed by atoms with Crippen molar-refractivity contribution in [1.82, 2.24) is 5.32 Å². The molecule has 0 fully saturated rings. The van der Waals surface area contributed by atoms with Crippen molar-refractivity contribution in [2.75, 3.05) is 18.1 Å².